The van der Waals surface area contributed by atoms with Crippen molar-refractivity contribution in [1.82, 2.24) is 19.6 Å². The van der Waals surface area contributed by atoms with Gasteiger partial charge in [0.1, 0.15) is 18.2 Å². The molecular weight excluding hydrogens is 244 g/mol. The zero-order valence-electron chi connectivity index (χ0n) is 11.3. The Kier molecular flexibility index (Phi) is 3.64. The standard InChI is InChI=1S/C12H18N6O/c1-4-8-5-9(17-10(7(2)3)11(13)19)18-12(16-8)14-6-15-18/h5-7,10,17H,4H2,1-3H3,(H2,13,19). The van der Waals surface area contributed by atoms with Crippen LogP contribution in [0.15, 0.2) is 12.4 Å². The van der Waals surface area contributed by atoms with Crippen LogP contribution in [0.1, 0.15) is 26.5 Å². The highest BCUT2D eigenvalue weighted by atomic mass is 16.1. The third-order valence-electron chi connectivity index (χ3n) is 2.94. The molecule has 1 amide bonds. The number of hydrogen-bond donors (Lipinski definition) is 2. The molecule has 0 aliphatic carbocycles. The maximum atomic E-state index is 11.5. The van der Waals surface area contributed by atoms with Crippen LogP contribution in [0.2, 0.25) is 0 Å². The van der Waals surface area contributed by atoms with Crippen molar-refractivity contribution < 1.29 is 4.79 Å². The van der Waals surface area contributed by atoms with Gasteiger partial charge >= 0.3 is 0 Å². The van der Waals surface area contributed by atoms with Crippen LogP contribution in [0.25, 0.3) is 5.78 Å². The van der Waals surface area contributed by atoms with E-state index in [1.54, 1.807) is 4.52 Å². The first-order valence-corrected chi connectivity index (χ1v) is 6.28. The second-order valence-corrected chi connectivity index (χ2v) is 4.73. The Hall–Kier alpha value is -2.18. The maximum absolute atomic E-state index is 11.5. The SMILES string of the molecule is CCc1cc(NC(C(N)=O)C(C)C)n2ncnc2n1. The average Bonchev–Trinajstić information content (AvgIpc) is 2.82. The van der Waals surface area contributed by atoms with E-state index in [4.69, 9.17) is 5.73 Å². The molecule has 0 aliphatic rings. The Labute approximate surface area is 111 Å². The highest BCUT2D eigenvalue weighted by molar-refractivity contribution is 5.83. The van der Waals surface area contributed by atoms with Crippen LogP contribution in [0.4, 0.5) is 5.82 Å². The van der Waals surface area contributed by atoms with E-state index in [-0.39, 0.29) is 5.92 Å². The van der Waals surface area contributed by atoms with Crippen LogP contribution in [0, 0.1) is 5.92 Å². The van der Waals surface area contributed by atoms with Gasteiger partial charge in [-0.05, 0) is 12.3 Å². The van der Waals surface area contributed by atoms with Gasteiger partial charge in [0.15, 0.2) is 0 Å². The van der Waals surface area contributed by atoms with Crippen molar-refractivity contribution in [2.75, 3.05) is 5.32 Å². The number of aromatic nitrogens is 4. The lowest BCUT2D eigenvalue weighted by Crippen LogP contribution is -2.40. The smallest absolute Gasteiger partial charge is 0.254 e. The van der Waals surface area contributed by atoms with Gasteiger partial charge in [0.25, 0.3) is 5.78 Å². The Morgan fingerprint density at radius 3 is 2.84 bits per heavy atom. The lowest BCUT2D eigenvalue weighted by molar-refractivity contribution is -0.119. The van der Waals surface area contributed by atoms with Crippen molar-refractivity contribution in [3.63, 3.8) is 0 Å². The molecule has 0 spiro atoms. The van der Waals surface area contributed by atoms with Gasteiger partial charge in [-0.1, -0.05) is 20.8 Å². The van der Waals surface area contributed by atoms with Gasteiger partial charge < -0.3 is 11.1 Å². The van der Waals surface area contributed by atoms with Crippen LogP contribution < -0.4 is 11.1 Å². The molecule has 0 radical (unpaired) electrons. The van der Waals surface area contributed by atoms with Crippen LogP contribution in [-0.4, -0.2) is 31.5 Å². The summed E-state index contributed by atoms with van der Waals surface area (Å²) >= 11 is 0. The van der Waals surface area contributed by atoms with Crippen molar-refractivity contribution in [2.24, 2.45) is 11.7 Å². The molecule has 19 heavy (non-hydrogen) atoms. The van der Waals surface area contributed by atoms with E-state index in [0.717, 1.165) is 12.1 Å². The Morgan fingerprint density at radius 1 is 1.53 bits per heavy atom. The van der Waals surface area contributed by atoms with Gasteiger partial charge in [0.05, 0.1) is 0 Å². The Bertz CT molecular complexity index is 591. The minimum absolute atomic E-state index is 0.0781. The number of primary amides is 1. The van der Waals surface area contributed by atoms with Gasteiger partial charge in [-0.3, -0.25) is 4.79 Å². The monoisotopic (exact) mass is 262 g/mol. The van der Waals surface area contributed by atoms with Gasteiger partial charge in [-0.15, -0.1) is 0 Å². The summed E-state index contributed by atoms with van der Waals surface area (Å²) in [5.41, 5.74) is 6.30. The molecule has 0 saturated heterocycles. The molecule has 2 aromatic heterocycles. The first-order valence-electron chi connectivity index (χ1n) is 6.28. The molecule has 0 saturated carbocycles. The van der Waals surface area contributed by atoms with Crippen LogP contribution in [-0.2, 0) is 11.2 Å². The number of nitrogens with one attached hydrogen (secondary N) is 1. The number of rotatable bonds is 5. The Morgan fingerprint density at radius 2 is 2.26 bits per heavy atom. The lowest BCUT2D eigenvalue weighted by atomic mass is 10.0. The molecule has 2 heterocycles. The quantitative estimate of drug-likeness (QED) is 0.822. The van der Waals surface area contributed by atoms with Crippen molar-refractivity contribution in [3.8, 4) is 0 Å². The molecule has 1 atom stereocenters. The van der Waals surface area contributed by atoms with Gasteiger partial charge in [0.2, 0.25) is 5.91 Å². The van der Waals surface area contributed by atoms with Crippen molar-refractivity contribution in [2.45, 2.75) is 33.2 Å². The van der Waals surface area contributed by atoms with Crippen LogP contribution in [0.3, 0.4) is 0 Å². The number of carbonyl (C=O) groups excluding carboxylic acids is 1. The van der Waals surface area contributed by atoms with E-state index in [9.17, 15) is 4.79 Å². The van der Waals surface area contributed by atoms with Crippen molar-refractivity contribution >= 4 is 17.5 Å². The van der Waals surface area contributed by atoms with E-state index in [1.807, 2.05) is 26.8 Å². The van der Waals surface area contributed by atoms with Crippen LogP contribution in [0.5, 0.6) is 0 Å². The number of nitrogens with two attached hydrogens (primary N) is 1. The first-order chi connectivity index (χ1) is 9.02. The molecule has 2 aromatic rings. The summed E-state index contributed by atoms with van der Waals surface area (Å²) in [6.07, 6.45) is 2.21. The fraction of sp³-hybridized carbons (Fsp3) is 0.500. The molecule has 1 unspecified atom stereocenters. The second-order valence-electron chi connectivity index (χ2n) is 4.73. The molecule has 2 rings (SSSR count). The summed E-state index contributed by atoms with van der Waals surface area (Å²) in [6.45, 7) is 5.87. The molecule has 0 aliphatic heterocycles. The zero-order valence-corrected chi connectivity index (χ0v) is 11.3. The third-order valence-corrected chi connectivity index (χ3v) is 2.94. The zero-order chi connectivity index (χ0) is 14.0. The van der Waals surface area contributed by atoms with E-state index in [1.165, 1.54) is 6.33 Å². The topological polar surface area (TPSA) is 98.2 Å². The largest absolute Gasteiger partial charge is 0.368 e. The van der Waals surface area contributed by atoms with E-state index in [0.29, 0.717) is 11.6 Å². The highest BCUT2D eigenvalue weighted by Crippen LogP contribution is 2.15. The Balaban J connectivity index is 2.43. The van der Waals surface area contributed by atoms with Crippen LogP contribution >= 0.6 is 0 Å². The summed E-state index contributed by atoms with van der Waals surface area (Å²) in [5.74, 6) is 0.873. The fourth-order valence-corrected chi connectivity index (χ4v) is 1.87. The van der Waals surface area contributed by atoms with Gasteiger partial charge in [-0.25, -0.2) is 4.98 Å². The predicted octanol–water partition coefficient (Wildman–Crippen LogP) is 0.608. The number of nitrogens with zero attached hydrogens (tertiary/aromatic N) is 4. The number of hydrogen-bond acceptors (Lipinski definition) is 5. The van der Waals surface area contributed by atoms with Crippen molar-refractivity contribution in [3.05, 3.63) is 18.1 Å². The summed E-state index contributed by atoms with van der Waals surface area (Å²) in [6, 6.07) is 1.40. The highest BCUT2D eigenvalue weighted by Gasteiger charge is 2.21. The summed E-state index contributed by atoms with van der Waals surface area (Å²) < 4.78 is 1.57. The molecule has 0 fully saturated rings. The average molecular weight is 262 g/mol. The molecule has 0 bridgehead atoms. The molecule has 7 heteroatoms. The number of carbonyl (C=O) groups is 1. The predicted molar refractivity (Wildman–Crippen MR) is 71.6 cm³/mol. The van der Waals surface area contributed by atoms with Gasteiger partial charge in [0, 0.05) is 11.8 Å². The molecule has 7 nitrogen and oxygen atoms in total. The molecule has 3 N–H and O–H groups in total. The first kappa shape index (κ1) is 13.3. The van der Waals surface area contributed by atoms with Gasteiger partial charge in [-0.2, -0.15) is 14.6 Å². The minimum atomic E-state index is -0.459. The normalized spacial score (nSPS) is 12.8. The van der Waals surface area contributed by atoms with E-state index in [2.05, 4.69) is 20.4 Å². The fourth-order valence-electron chi connectivity index (χ4n) is 1.87. The number of anilines is 1. The van der Waals surface area contributed by atoms with E-state index < -0.39 is 11.9 Å². The second kappa shape index (κ2) is 5.21. The number of aryl methyl sites for hydroxylation is 1. The molecular formula is C12H18N6O. The summed E-state index contributed by atoms with van der Waals surface area (Å²) in [7, 11) is 0. The minimum Gasteiger partial charge on any atom is -0.368 e. The summed E-state index contributed by atoms with van der Waals surface area (Å²) in [5, 5.41) is 7.22. The number of fused-ring (bicyclic) bond motifs is 1. The third kappa shape index (κ3) is 2.64. The number of amides is 1. The molecule has 0 aromatic carbocycles. The summed E-state index contributed by atoms with van der Waals surface area (Å²) in [4.78, 5) is 19.9. The lowest BCUT2D eigenvalue weighted by Gasteiger charge is -2.20. The van der Waals surface area contributed by atoms with E-state index >= 15 is 0 Å². The molecule has 102 valence electrons. The maximum Gasteiger partial charge on any atom is 0.254 e. The van der Waals surface area contributed by atoms with Crippen molar-refractivity contribution in [1.29, 1.82) is 0 Å².